The number of halogens is 1. The molecule has 0 atom stereocenters. The molecule has 0 N–H and O–H groups in total. The van der Waals surface area contributed by atoms with Crippen molar-refractivity contribution in [1.29, 1.82) is 0 Å². The molecular weight excluding hydrogens is 323 g/mol. The Morgan fingerprint density at radius 2 is 1.53 bits per heavy atom. The zero-order valence-corrected chi connectivity index (χ0v) is 11.6. The molecule has 2 rings (SSSR count). The first-order valence-corrected chi connectivity index (χ1v) is 7.04. The lowest BCUT2D eigenvalue weighted by Crippen LogP contribution is -2.03. The molecule has 2 heteroatoms. The van der Waals surface area contributed by atoms with E-state index in [4.69, 9.17) is 0 Å². The van der Waals surface area contributed by atoms with E-state index in [9.17, 15) is 4.79 Å². The van der Waals surface area contributed by atoms with Gasteiger partial charge in [-0.1, -0.05) is 77.2 Å². The van der Waals surface area contributed by atoms with Gasteiger partial charge in [-0.15, -0.1) is 0 Å². The lowest BCUT2D eigenvalue weighted by molar-refractivity contribution is 0.0993. The summed E-state index contributed by atoms with van der Waals surface area (Å²) in [5.74, 6) is 0.177. The maximum Gasteiger partial charge on any atom is 0.167 e. The van der Waals surface area contributed by atoms with Gasteiger partial charge < -0.3 is 0 Å². The standard InChI is InChI=1S/C15H13IO/c16-11-13-6-8-14(9-7-13)15(17)10-12-4-2-1-3-5-12/h1-9H,10-11H2. The van der Waals surface area contributed by atoms with Crippen molar-refractivity contribution in [1.82, 2.24) is 0 Å². The monoisotopic (exact) mass is 336 g/mol. The van der Waals surface area contributed by atoms with Crippen LogP contribution in [0.15, 0.2) is 54.6 Å². The molecule has 0 aliphatic rings. The minimum absolute atomic E-state index is 0.177. The summed E-state index contributed by atoms with van der Waals surface area (Å²) >= 11 is 2.32. The average Bonchev–Trinajstić information content (AvgIpc) is 2.40. The van der Waals surface area contributed by atoms with E-state index < -0.39 is 0 Å². The number of Topliss-reactive ketones (excluding diaryl/α,β-unsaturated/α-hetero) is 1. The molecule has 1 nitrogen and oxygen atoms in total. The van der Waals surface area contributed by atoms with Crippen LogP contribution in [0.5, 0.6) is 0 Å². The second kappa shape index (κ2) is 5.96. The van der Waals surface area contributed by atoms with E-state index in [0.29, 0.717) is 6.42 Å². The second-order valence-electron chi connectivity index (χ2n) is 3.92. The Balaban J connectivity index is 2.09. The van der Waals surface area contributed by atoms with Gasteiger partial charge in [0.25, 0.3) is 0 Å². The fourth-order valence-corrected chi connectivity index (χ4v) is 2.17. The van der Waals surface area contributed by atoms with Crippen molar-refractivity contribution >= 4 is 28.4 Å². The molecule has 0 radical (unpaired) electrons. The van der Waals surface area contributed by atoms with Crippen LogP contribution in [-0.4, -0.2) is 5.78 Å². The zero-order valence-electron chi connectivity index (χ0n) is 9.40. The summed E-state index contributed by atoms with van der Waals surface area (Å²) in [7, 11) is 0. The van der Waals surface area contributed by atoms with Crippen molar-refractivity contribution in [3.8, 4) is 0 Å². The predicted molar refractivity (Wildman–Crippen MR) is 78.6 cm³/mol. The molecule has 0 aromatic heterocycles. The van der Waals surface area contributed by atoms with E-state index in [1.165, 1.54) is 5.56 Å². The summed E-state index contributed by atoms with van der Waals surface area (Å²) in [5.41, 5.74) is 3.11. The molecule has 0 unspecified atom stereocenters. The first kappa shape index (κ1) is 12.3. The summed E-state index contributed by atoms with van der Waals surface area (Å²) in [6.45, 7) is 0. The number of carbonyl (C=O) groups excluding carboxylic acids is 1. The van der Waals surface area contributed by atoms with Crippen LogP contribution in [0.3, 0.4) is 0 Å². The first-order valence-electron chi connectivity index (χ1n) is 5.51. The van der Waals surface area contributed by atoms with Crippen LogP contribution >= 0.6 is 22.6 Å². The zero-order chi connectivity index (χ0) is 12.1. The molecule has 0 bridgehead atoms. The molecule has 86 valence electrons. The SMILES string of the molecule is O=C(Cc1ccccc1)c1ccc(CI)cc1. The van der Waals surface area contributed by atoms with Crippen LogP contribution in [0.2, 0.25) is 0 Å². The Labute approximate surface area is 115 Å². The van der Waals surface area contributed by atoms with Crippen molar-refractivity contribution in [3.05, 3.63) is 71.3 Å². The first-order chi connectivity index (χ1) is 8.29. The molecule has 0 aliphatic heterocycles. The van der Waals surface area contributed by atoms with Crippen LogP contribution in [0.1, 0.15) is 21.5 Å². The minimum Gasteiger partial charge on any atom is -0.294 e. The fourth-order valence-electron chi connectivity index (χ4n) is 1.66. The van der Waals surface area contributed by atoms with Crippen LogP contribution in [0.4, 0.5) is 0 Å². The largest absolute Gasteiger partial charge is 0.294 e. The molecule has 0 saturated carbocycles. The van der Waals surface area contributed by atoms with E-state index in [1.807, 2.05) is 54.6 Å². The highest BCUT2D eigenvalue weighted by atomic mass is 127. The van der Waals surface area contributed by atoms with E-state index in [-0.39, 0.29) is 5.78 Å². The maximum absolute atomic E-state index is 12.0. The third-order valence-electron chi connectivity index (χ3n) is 2.64. The third-order valence-corrected chi connectivity index (χ3v) is 3.52. The maximum atomic E-state index is 12.0. The van der Waals surface area contributed by atoms with E-state index in [0.717, 1.165) is 15.6 Å². The smallest absolute Gasteiger partial charge is 0.167 e. The molecule has 0 heterocycles. The lowest BCUT2D eigenvalue weighted by Gasteiger charge is -2.02. The Hall–Kier alpha value is -1.16. The Morgan fingerprint density at radius 1 is 0.882 bits per heavy atom. The fraction of sp³-hybridized carbons (Fsp3) is 0.133. The Kier molecular flexibility index (Phi) is 4.31. The van der Waals surface area contributed by atoms with Gasteiger partial charge in [0.2, 0.25) is 0 Å². The molecule has 0 aliphatic carbocycles. The quantitative estimate of drug-likeness (QED) is 0.468. The van der Waals surface area contributed by atoms with Crippen LogP contribution < -0.4 is 0 Å². The highest BCUT2D eigenvalue weighted by molar-refractivity contribution is 14.1. The summed E-state index contributed by atoms with van der Waals surface area (Å²) in [4.78, 5) is 12.0. The van der Waals surface area contributed by atoms with Crippen molar-refractivity contribution in [3.63, 3.8) is 0 Å². The number of ketones is 1. The number of alkyl halides is 1. The van der Waals surface area contributed by atoms with Gasteiger partial charge in [-0.2, -0.15) is 0 Å². The number of hydrogen-bond donors (Lipinski definition) is 0. The van der Waals surface area contributed by atoms with Gasteiger partial charge >= 0.3 is 0 Å². The molecule has 17 heavy (non-hydrogen) atoms. The Bertz CT molecular complexity index is 488. The highest BCUT2D eigenvalue weighted by Crippen LogP contribution is 2.11. The number of rotatable bonds is 4. The summed E-state index contributed by atoms with van der Waals surface area (Å²) in [5, 5.41) is 0. The third kappa shape index (κ3) is 3.40. The summed E-state index contributed by atoms with van der Waals surface area (Å²) in [6, 6.07) is 17.7. The van der Waals surface area contributed by atoms with Gasteiger partial charge in [-0.05, 0) is 11.1 Å². The molecule has 0 amide bonds. The Morgan fingerprint density at radius 3 is 2.12 bits per heavy atom. The van der Waals surface area contributed by atoms with Gasteiger partial charge in [-0.3, -0.25) is 4.79 Å². The van der Waals surface area contributed by atoms with Gasteiger partial charge in [0.1, 0.15) is 0 Å². The van der Waals surface area contributed by atoms with Gasteiger partial charge in [0, 0.05) is 16.4 Å². The van der Waals surface area contributed by atoms with E-state index in [2.05, 4.69) is 22.6 Å². The molecule has 2 aromatic rings. The number of benzene rings is 2. The highest BCUT2D eigenvalue weighted by Gasteiger charge is 2.06. The molecule has 2 aromatic carbocycles. The van der Waals surface area contributed by atoms with Crippen LogP contribution in [-0.2, 0) is 10.8 Å². The van der Waals surface area contributed by atoms with Crippen molar-refractivity contribution in [2.75, 3.05) is 0 Å². The van der Waals surface area contributed by atoms with Crippen LogP contribution in [0.25, 0.3) is 0 Å². The summed E-state index contributed by atoms with van der Waals surface area (Å²) < 4.78 is 0.977. The molecule has 0 fully saturated rings. The van der Waals surface area contributed by atoms with E-state index >= 15 is 0 Å². The van der Waals surface area contributed by atoms with E-state index in [1.54, 1.807) is 0 Å². The van der Waals surface area contributed by atoms with Crippen molar-refractivity contribution in [2.24, 2.45) is 0 Å². The molecular formula is C15H13IO. The molecule has 0 spiro atoms. The van der Waals surface area contributed by atoms with Crippen molar-refractivity contribution < 1.29 is 4.79 Å². The van der Waals surface area contributed by atoms with Gasteiger partial charge in [0.15, 0.2) is 5.78 Å². The lowest BCUT2D eigenvalue weighted by atomic mass is 10.0. The predicted octanol–water partition coefficient (Wildman–Crippen LogP) is 4.05. The normalized spacial score (nSPS) is 10.2. The summed E-state index contributed by atoms with van der Waals surface area (Å²) in [6.07, 6.45) is 0.477. The van der Waals surface area contributed by atoms with Crippen molar-refractivity contribution in [2.45, 2.75) is 10.8 Å². The topological polar surface area (TPSA) is 17.1 Å². The molecule has 0 saturated heterocycles. The number of carbonyl (C=O) groups is 1. The number of hydrogen-bond acceptors (Lipinski definition) is 1. The minimum atomic E-state index is 0.177. The van der Waals surface area contributed by atoms with Gasteiger partial charge in [0.05, 0.1) is 0 Å². The van der Waals surface area contributed by atoms with Gasteiger partial charge in [-0.25, -0.2) is 0 Å². The second-order valence-corrected chi connectivity index (χ2v) is 4.68. The van der Waals surface area contributed by atoms with Crippen LogP contribution in [0, 0.1) is 0 Å². The average molecular weight is 336 g/mol.